The number of nitrogens with zero attached hydrogens (tertiary/aromatic N) is 1. The van der Waals surface area contributed by atoms with Gasteiger partial charge in [0, 0.05) is 16.7 Å². The van der Waals surface area contributed by atoms with Crippen LogP contribution in [-0.4, -0.2) is 28.1 Å². The zero-order valence-corrected chi connectivity index (χ0v) is 17.3. The molecule has 0 saturated heterocycles. The second-order valence-corrected chi connectivity index (χ2v) is 8.26. The van der Waals surface area contributed by atoms with E-state index in [-0.39, 0.29) is 11.3 Å². The quantitative estimate of drug-likeness (QED) is 0.196. The number of carbonyl (C=O) groups is 1. The third kappa shape index (κ3) is 4.26. The molecule has 0 radical (unpaired) electrons. The number of hydrogen-bond acceptors (Lipinski definition) is 6. The molecule has 0 fully saturated rings. The molecule has 0 bridgehead atoms. The minimum absolute atomic E-state index is 0.0309. The predicted octanol–water partition coefficient (Wildman–Crippen LogP) is 5.03. The van der Waals surface area contributed by atoms with Crippen LogP contribution in [0.4, 0.5) is 0 Å². The first-order chi connectivity index (χ1) is 14.1. The van der Waals surface area contributed by atoms with Crippen molar-refractivity contribution in [1.29, 1.82) is 0 Å². The molecule has 0 saturated carbocycles. The normalized spacial score (nSPS) is 10.9. The van der Waals surface area contributed by atoms with Crippen molar-refractivity contribution in [2.45, 2.75) is 12.1 Å². The minimum atomic E-state index is -0.138. The Kier molecular flexibility index (Phi) is 5.78. The summed E-state index contributed by atoms with van der Waals surface area (Å²) >= 11 is 2.88. The number of hydrogen-bond donors (Lipinski definition) is 1. The van der Waals surface area contributed by atoms with E-state index in [9.17, 15) is 9.59 Å². The highest BCUT2D eigenvalue weighted by atomic mass is 32.2. The minimum Gasteiger partial charge on any atom is -0.492 e. The summed E-state index contributed by atoms with van der Waals surface area (Å²) in [6.45, 7) is 1.92. The van der Waals surface area contributed by atoms with Crippen LogP contribution in [0, 0.1) is 0 Å². The van der Waals surface area contributed by atoms with Crippen LogP contribution in [0.25, 0.3) is 21.3 Å². The number of carbonyl (C=O) groups excluding carboxylic acids is 1. The van der Waals surface area contributed by atoms with Gasteiger partial charge in [0.15, 0.2) is 10.9 Å². The van der Waals surface area contributed by atoms with Crippen molar-refractivity contribution in [2.75, 3.05) is 12.4 Å². The van der Waals surface area contributed by atoms with Gasteiger partial charge in [-0.3, -0.25) is 9.59 Å². The van der Waals surface area contributed by atoms with E-state index in [0.717, 1.165) is 16.0 Å². The second-order valence-electron chi connectivity index (χ2n) is 6.32. The molecule has 29 heavy (non-hydrogen) atoms. The first-order valence-electron chi connectivity index (χ1n) is 9.06. The van der Waals surface area contributed by atoms with E-state index < -0.39 is 0 Å². The highest BCUT2D eigenvalue weighted by molar-refractivity contribution is 7.99. The van der Waals surface area contributed by atoms with Gasteiger partial charge in [-0.15, -0.1) is 11.3 Å². The standard InChI is InChI=1S/C22H18N2O3S2/c1-14(25)16-9-5-6-10-18(16)27-11-12-28-22-23-20(26)19-17(13-29-21(19)24-22)15-7-3-2-4-8-15/h2-10,13H,11-12H2,1H3,(H,23,24,26). The average molecular weight is 423 g/mol. The van der Waals surface area contributed by atoms with Crippen LogP contribution in [-0.2, 0) is 0 Å². The number of Topliss-reactive ketones (excluding diaryl/α,β-unsaturated/α-hetero) is 1. The third-order valence-electron chi connectivity index (χ3n) is 4.35. The Morgan fingerprint density at radius 1 is 1.14 bits per heavy atom. The van der Waals surface area contributed by atoms with Gasteiger partial charge < -0.3 is 9.72 Å². The van der Waals surface area contributed by atoms with Crippen molar-refractivity contribution in [1.82, 2.24) is 9.97 Å². The van der Waals surface area contributed by atoms with E-state index in [1.807, 2.05) is 47.8 Å². The first-order valence-corrected chi connectivity index (χ1v) is 10.9. The van der Waals surface area contributed by atoms with Gasteiger partial charge in [-0.1, -0.05) is 54.2 Å². The third-order valence-corrected chi connectivity index (χ3v) is 6.06. The Morgan fingerprint density at radius 2 is 1.90 bits per heavy atom. The fourth-order valence-electron chi connectivity index (χ4n) is 3.00. The van der Waals surface area contributed by atoms with E-state index in [0.29, 0.717) is 34.2 Å². The van der Waals surface area contributed by atoms with Crippen LogP contribution < -0.4 is 10.3 Å². The van der Waals surface area contributed by atoms with E-state index in [4.69, 9.17) is 4.74 Å². The molecule has 5 nitrogen and oxygen atoms in total. The van der Waals surface area contributed by atoms with Gasteiger partial charge in [-0.2, -0.15) is 0 Å². The summed E-state index contributed by atoms with van der Waals surface area (Å²) in [5, 5.41) is 3.16. The van der Waals surface area contributed by atoms with Crippen LogP contribution in [0.3, 0.4) is 0 Å². The first kappa shape index (κ1) is 19.4. The fraction of sp³-hybridized carbons (Fsp3) is 0.136. The molecule has 2 aromatic heterocycles. The lowest BCUT2D eigenvalue weighted by atomic mass is 10.1. The predicted molar refractivity (Wildman–Crippen MR) is 118 cm³/mol. The van der Waals surface area contributed by atoms with E-state index >= 15 is 0 Å². The number of aromatic nitrogens is 2. The Bertz CT molecular complexity index is 1220. The van der Waals surface area contributed by atoms with Crippen LogP contribution in [0.15, 0.2) is 69.9 Å². The van der Waals surface area contributed by atoms with Crippen LogP contribution >= 0.6 is 23.1 Å². The van der Waals surface area contributed by atoms with Crippen LogP contribution in [0.1, 0.15) is 17.3 Å². The number of nitrogens with one attached hydrogen (secondary N) is 1. The smallest absolute Gasteiger partial charge is 0.260 e. The molecule has 0 aliphatic carbocycles. The van der Waals surface area contributed by atoms with Crippen molar-refractivity contribution < 1.29 is 9.53 Å². The van der Waals surface area contributed by atoms with Crippen molar-refractivity contribution in [3.63, 3.8) is 0 Å². The molecular weight excluding hydrogens is 404 g/mol. The van der Waals surface area contributed by atoms with Crippen molar-refractivity contribution in [2.24, 2.45) is 0 Å². The lowest BCUT2D eigenvalue weighted by Crippen LogP contribution is -2.10. The molecule has 0 unspecified atom stereocenters. The van der Waals surface area contributed by atoms with Gasteiger partial charge in [0.2, 0.25) is 0 Å². The number of rotatable bonds is 7. The van der Waals surface area contributed by atoms with E-state index in [1.54, 1.807) is 12.1 Å². The summed E-state index contributed by atoms with van der Waals surface area (Å²) in [5.74, 6) is 1.14. The molecule has 7 heteroatoms. The molecule has 0 spiro atoms. The lowest BCUT2D eigenvalue weighted by molar-refractivity contribution is 0.101. The summed E-state index contributed by atoms with van der Waals surface area (Å²) in [4.78, 5) is 32.5. The summed E-state index contributed by atoms with van der Waals surface area (Å²) in [5.41, 5.74) is 2.34. The Labute approximate surface area is 175 Å². The van der Waals surface area contributed by atoms with E-state index in [1.165, 1.54) is 30.0 Å². The largest absolute Gasteiger partial charge is 0.492 e. The van der Waals surface area contributed by atoms with Crippen molar-refractivity contribution in [3.8, 4) is 16.9 Å². The maximum absolute atomic E-state index is 12.7. The summed E-state index contributed by atoms with van der Waals surface area (Å²) in [6.07, 6.45) is 0. The number of para-hydroxylation sites is 1. The molecule has 0 aliphatic rings. The summed E-state index contributed by atoms with van der Waals surface area (Å²) < 4.78 is 5.74. The van der Waals surface area contributed by atoms with Gasteiger partial charge in [0.25, 0.3) is 5.56 Å². The summed E-state index contributed by atoms with van der Waals surface area (Å²) in [6, 6.07) is 17.0. The molecule has 0 amide bonds. The van der Waals surface area contributed by atoms with Gasteiger partial charge in [-0.05, 0) is 24.6 Å². The number of aromatic amines is 1. The van der Waals surface area contributed by atoms with Gasteiger partial charge >= 0.3 is 0 Å². The molecule has 146 valence electrons. The summed E-state index contributed by atoms with van der Waals surface area (Å²) in [7, 11) is 0. The van der Waals surface area contributed by atoms with Gasteiger partial charge in [-0.25, -0.2) is 4.98 Å². The molecule has 1 N–H and O–H groups in total. The Morgan fingerprint density at radius 3 is 2.69 bits per heavy atom. The molecule has 0 aliphatic heterocycles. The molecular formula is C22H18N2O3S2. The van der Waals surface area contributed by atoms with Gasteiger partial charge in [0.05, 0.1) is 17.6 Å². The number of H-pyrrole nitrogens is 1. The topological polar surface area (TPSA) is 72.0 Å². The highest BCUT2D eigenvalue weighted by Gasteiger charge is 2.13. The Balaban J connectivity index is 1.46. The van der Waals surface area contributed by atoms with Crippen LogP contribution in [0.5, 0.6) is 5.75 Å². The highest BCUT2D eigenvalue weighted by Crippen LogP contribution is 2.31. The van der Waals surface area contributed by atoms with Crippen molar-refractivity contribution in [3.05, 3.63) is 75.9 Å². The maximum Gasteiger partial charge on any atom is 0.260 e. The number of benzene rings is 2. The number of thioether (sulfide) groups is 1. The number of ketones is 1. The SMILES string of the molecule is CC(=O)c1ccccc1OCCSc1nc2scc(-c3ccccc3)c2c(=O)[nH]1. The Hall–Kier alpha value is -2.90. The fourth-order valence-corrected chi connectivity index (χ4v) is 4.69. The second kappa shape index (κ2) is 8.63. The average Bonchev–Trinajstić information content (AvgIpc) is 3.17. The van der Waals surface area contributed by atoms with Crippen molar-refractivity contribution >= 4 is 39.1 Å². The van der Waals surface area contributed by atoms with Crippen LogP contribution in [0.2, 0.25) is 0 Å². The molecule has 2 heterocycles. The van der Waals surface area contributed by atoms with E-state index in [2.05, 4.69) is 9.97 Å². The zero-order chi connectivity index (χ0) is 20.2. The molecule has 4 aromatic rings. The zero-order valence-electron chi connectivity index (χ0n) is 15.7. The van der Waals surface area contributed by atoms with Gasteiger partial charge in [0.1, 0.15) is 10.6 Å². The molecule has 2 aromatic carbocycles. The number of thiophene rings is 1. The maximum atomic E-state index is 12.7. The monoisotopic (exact) mass is 422 g/mol. The molecule has 4 rings (SSSR count). The number of ether oxygens (including phenoxy) is 1. The molecule has 0 atom stereocenters. The number of fused-ring (bicyclic) bond motifs is 1. The lowest BCUT2D eigenvalue weighted by Gasteiger charge is -2.09.